The van der Waals surface area contributed by atoms with Gasteiger partial charge in [0.1, 0.15) is 0 Å². The molecule has 0 saturated heterocycles. The standard InChI is InChI=1S/C11H12N2.C7H13I2NO2.Pt/c1-12-7-8-13(10-12)9-11-5-3-2-4-6-11;1-10-5-3-2-4-7(8,9)6(11)12;/h2-8H,9H2,1H3;10H,2-5H2,1H3,(H,11,12);. The monoisotopic (exact) mass is 764 g/mol. The normalized spacial score (nSPS) is 11.0. The van der Waals surface area contributed by atoms with E-state index in [0.717, 1.165) is 32.4 Å². The van der Waals surface area contributed by atoms with Crippen molar-refractivity contribution < 1.29 is 29.3 Å². The number of aryl methyl sites for hydroxylation is 1. The van der Waals surface area contributed by atoms with E-state index in [9.17, 15) is 4.79 Å². The minimum absolute atomic E-state index is 0.622. The maximum atomic E-state index is 10.7. The Labute approximate surface area is 193 Å². The van der Waals surface area contributed by atoms with Crippen LogP contribution in [0.1, 0.15) is 24.8 Å². The average molecular weight is 764 g/mol. The number of alkyl halides is 2. The zero-order valence-electron chi connectivity index (χ0n) is 14.9. The molecular weight excluding hydrogens is 739 g/mol. The van der Waals surface area contributed by atoms with E-state index in [1.165, 1.54) is 9.37 Å². The summed E-state index contributed by atoms with van der Waals surface area (Å²) < 4.78 is 4.97. The first-order valence-corrected chi connectivity index (χ1v) is 11.5. The van der Waals surface area contributed by atoms with Crippen LogP contribution in [0.4, 0.5) is 0 Å². The zero-order valence-corrected chi connectivity index (χ0v) is 21.5. The first-order chi connectivity index (χ1) is 12.3. The molecule has 0 radical (unpaired) electrons. The number of imidazole rings is 1. The number of hydrogen-bond donors (Lipinski definition) is 2. The molecule has 2 aromatic rings. The van der Waals surface area contributed by atoms with Gasteiger partial charge >= 0.3 is 100 Å². The molecule has 0 aliphatic carbocycles. The fourth-order valence-electron chi connectivity index (χ4n) is 2.15. The van der Waals surface area contributed by atoms with Gasteiger partial charge in [-0.2, -0.15) is 0 Å². The third-order valence-electron chi connectivity index (χ3n) is 3.63. The van der Waals surface area contributed by atoms with Crippen molar-refractivity contribution in [2.45, 2.75) is 27.2 Å². The number of nitrogens with zero attached hydrogens (tertiary/aromatic N) is 2. The fraction of sp³-hybridized carbons (Fsp3) is 0.444. The van der Waals surface area contributed by atoms with Gasteiger partial charge in [0.2, 0.25) is 0 Å². The Hall–Kier alpha value is 0.00831. The van der Waals surface area contributed by atoms with Crippen molar-refractivity contribution in [2.24, 2.45) is 7.05 Å². The molecule has 26 heavy (non-hydrogen) atoms. The number of aromatic nitrogens is 2. The molecular formula is C18H25I2N3O2Pt. The van der Waals surface area contributed by atoms with Crippen molar-refractivity contribution in [3.63, 3.8) is 0 Å². The molecule has 0 amide bonds. The molecule has 0 fully saturated rings. The predicted octanol–water partition coefficient (Wildman–Crippen LogP) is 3.98. The maximum absolute atomic E-state index is 10.7. The van der Waals surface area contributed by atoms with E-state index in [2.05, 4.69) is 77.5 Å². The second kappa shape index (κ2) is 12.5. The second-order valence-corrected chi connectivity index (χ2v) is 12.6. The van der Waals surface area contributed by atoms with Gasteiger partial charge in [0.15, 0.2) is 1.43 Å². The Morgan fingerprint density at radius 1 is 1.23 bits per heavy atom. The third-order valence-corrected chi connectivity index (χ3v) is 7.09. The van der Waals surface area contributed by atoms with E-state index in [-0.39, 0.29) is 0 Å². The third kappa shape index (κ3) is 8.80. The van der Waals surface area contributed by atoms with E-state index >= 15 is 0 Å². The molecule has 0 aliphatic rings. The summed E-state index contributed by atoms with van der Waals surface area (Å²) in [4.78, 5) is 10.7. The van der Waals surface area contributed by atoms with Crippen molar-refractivity contribution in [2.75, 3.05) is 13.6 Å². The Morgan fingerprint density at radius 2 is 1.88 bits per heavy atom. The van der Waals surface area contributed by atoms with Gasteiger partial charge in [0.05, 0.1) is 0 Å². The van der Waals surface area contributed by atoms with E-state index in [0.29, 0.717) is 0 Å². The van der Waals surface area contributed by atoms with Crippen LogP contribution in [-0.4, -0.2) is 35.2 Å². The van der Waals surface area contributed by atoms with E-state index < -0.39 is 7.40 Å². The first kappa shape index (κ1) is 24.0. The van der Waals surface area contributed by atoms with Crippen molar-refractivity contribution in [1.82, 2.24) is 14.5 Å². The zero-order chi connectivity index (χ0) is 19.6. The molecule has 2 N–H and O–H groups in total. The summed E-state index contributed by atoms with van der Waals surface area (Å²) in [5.74, 6) is -0.729. The summed E-state index contributed by atoms with van der Waals surface area (Å²) in [7, 11) is 3.96. The molecule has 0 saturated carbocycles. The van der Waals surface area contributed by atoms with Gasteiger partial charge in [0.25, 0.3) is 0 Å². The molecule has 0 unspecified atom stereocenters. The summed E-state index contributed by atoms with van der Waals surface area (Å²) in [6.45, 7) is 1.91. The molecule has 5 nitrogen and oxygen atoms in total. The van der Waals surface area contributed by atoms with Crippen molar-refractivity contribution in [3.8, 4) is 0 Å². The first-order valence-electron chi connectivity index (χ1n) is 8.25. The van der Waals surface area contributed by atoms with Gasteiger partial charge < -0.3 is 10.4 Å². The number of aliphatic carboxylic acids is 1. The number of rotatable bonds is 8. The summed E-state index contributed by atoms with van der Waals surface area (Å²) in [6.07, 6.45) is 6.91. The quantitative estimate of drug-likeness (QED) is 0.243. The minimum atomic E-state index is -0.729. The number of nitrogens with one attached hydrogen (secondary N) is 1. The van der Waals surface area contributed by atoms with Gasteiger partial charge in [-0.05, 0) is 32.9 Å². The van der Waals surface area contributed by atoms with Crippen LogP contribution >= 0.6 is 45.2 Å². The van der Waals surface area contributed by atoms with E-state index in [1.807, 2.05) is 58.3 Å². The van der Waals surface area contributed by atoms with Gasteiger partial charge in [-0.3, -0.25) is 0 Å². The topological polar surface area (TPSA) is 59.2 Å². The Bertz CT molecular complexity index is 730. The Balaban J connectivity index is 0.000000265. The van der Waals surface area contributed by atoms with Crippen molar-refractivity contribution in [3.05, 3.63) is 52.1 Å². The van der Waals surface area contributed by atoms with Gasteiger partial charge in [0, 0.05) is 0 Å². The SMILES string of the molecule is CNCCCCC(I)(I)C(=O)O.Cn1ccn(Cc2ccccc2)[c]1=[Pt]. The number of carboxylic acids is 1. The number of carboxylic acid groups (broad SMARTS) is 1. The number of halogens is 2. The Morgan fingerprint density at radius 3 is 2.38 bits per heavy atom. The van der Waals surface area contributed by atoms with Gasteiger partial charge in [-0.25, -0.2) is 4.79 Å². The summed E-state index contributed by atoms with van der Waals surface area (Å²) >= 11 is 6.30. The molecule has 1 aromatic carbocycles. The summed E-state index contributed by atoms with van der Waals surface area (Å²) in [5, 5.41) is 11.8. The van der Waals surface area contributed by atoms with E-state index in [4.69, 9.17) is 5.11 Å². The number of hydrogen-bond acceptors (Lipinski definition) is 2. The number of carbonyl (C=O) groups is 1. The van der Waals surface area contributed by atoms with Crippen LogP contribution in [-0.2, 0) is 37.7 Å². The van der Waals surface area contributed by atoms with Crippen LogP contribution < -0.4 is 5.32 Å². The Kier molecular flexibility index (Phi) is 11.5. The summed E-state index contributed by atoms with van der Waals surface area (Å²) in [6, 6.07) is 10.5. The average Bonchev–Trinajstić information content (AvgIpc) is 2.92. The molecule has 0 spiro atoms. The van der Waals surface area contributed by atoms with Crippen LogP contribution in [0.3, 0.4) is 0 Å². The number of unbranched alkanes of at least 4 members (excludes halogenated alkanes) is 1. The number of benzene rings is 1. The van der Waals surface area contributed by atoms with Crippen LogP contribution in [0.25, 0.3) is 0 Å². The van der Waals surface area contributed by atoms with Crippen LogP contribution in [0.5, 0.6) is 0 Å². The second-order valence-electron chi connectivity index (χ2n) is 5.83. The van der Waals surface area contributed by atoms with Crippen LogP contribution in [0.2, 0.25) is 0 Å². The molecule has 8 heteroatoms. The molecule has 0 bridgehead atoms. The van der Waals surface area contributed by atoms with Gasteiger partial charge in [-0.15, -0.1) is 0 Å². The van der Waals surface area contributed by atoms with Crippen molar-refractivity contribution in [1.29, 1.82) is 0 Å². The van der Waals surface area contributed by atoms with Crippen molar-refractivity contribution >= 4 is 51.2 Å². The summed E-state index contributed by atoms with van der Waals surface area (Å²) in [5.41, 5.74) is 1.34. The fourth-order valence-corrected chi connectivity index (χ4v) is 3.43. The molecule has 0 aliphatic heterocycles. The molecule has 0 atom stereocenters. The molecule has 2 rings (SSSR count). The van der Waals surface area contributed by atoms with Crippen LogP contribution in [0.15, 0.2) is 42.7 Å². The van der Waals surface area contributed by atoms with Crippen LogP contribution in [0, 0.1) is 3.80 Å². The molecule has 148 valence electrons. The molecule has 1 heterocycles. The predicted molar refractivity (Wildman–Crippen MR) is 118 cm³/mol. The van der Waals surface area contributed by atoms with Gasteiger partial charge in [-0.1, -0.05) is 45.2 Å². The molecule has 1 aromatic heterocycles. The van der Waals surface area contributed by atoms with E-state index in [1.54, 1.807) is 0 Å².